The molecular formula is C26H27N5OS2. The predicted octanol–water partition coefficient (Wildman–Crippen LogP) is 5.91. The summed E-state index contributed by atoms with van der Waals surface area (Å²) in [6.45, 7) is 8.33. The van der Waals surface area contributed by atoms with E-state index < -0.39 is 0 Å². The highest BCUT2D eigenvalue weighted by Gasteiger charge is 2.42. The molecule has 0 unspecified atom stereocenters. The summed E-state index contributed by atoms with van der Waals surface area (Å²) in [5.41, 5.74) is 5.45. The molecule has 6 nitrogen and oxygen atoms in total. The highest BCUT2D eigenvalue weighted by atomic mass is 32.1. The fourth-order valence-corrected chi connectivity index (χ4v) is 5.71. The molecule has 2 atom stereocenters. The number of hydrogen-bond acceptors (Lipinski definition) is 5. The van der Waals surface area contributed by atoms with Gasteiger partial charge < -0.3 is 15.0 Å². The molecule has 0 amide bonds. The quantitative estimate of drug-likeness (QED) is 0.340. The number of thiocarbonyl (C=S) groups is 1. The molecule has 1 aliphatic heterocycles. The summed E-state index contributed by atoms with van der Waals surface area (Å²) < 4.78 is 8.07. The molecule has 4 aromatic rings. The third-order valence-electron chi connectivity index (χ3n) is 5.98. The maximum atomic E-state index is 5.88. The van der Waals surface area contributed by atoms with Crippen LogP contribution in [0.1, 0.15) is 48.6 Å². The van der Waals surface area contributed by atoms with E-state index in [4.69, 9.17) is 17.0 Å². The van der Waals surface area contributed by atoms with Crippen LogP contribution in [0.3, 0.4) is 0 Å². The third-order valence-corrected chi connectivity index (χ3v) is 7.06. The van der Waals surface area contributed by atoms with Gasteiger partial charge in [0.1, 0.15) is 5.75 Å². The number of aromatic nitrogens is 3. The number of benzene rings is 1. The lowest BCUT2D eigenvalue weighted by atomic mass is 9.96. The number of anilines is 1. The number of nitrogens with one attached hydrogen (secondary N) is 1. The fourth-order valence-electron chi connectivity index (χ4n) is 4.61. The molecule has 4 heterocycles. The Morgan fingerprint density at radius 1 is 1.06 bits per heavy atom. The lowest BCUT2D eigenvalue weighted by Crippen LogP contribution is -2.29. The van der Waals surface area contributed by atoms with Crippen molar-refractivity contribution in [2.24, 2.45) is 0 Å². The van der Waals surface area contributed by atoms with Gasteiger partial charge in [0, 0.05) is 34.8 Å². The van der Waals surface area contributed by atoms with Crippen LogP contribution in [0.5, 0.6) is 5.75 Å². The van der Waals surface area contributed by atoms with Gasteiger partial charge in [-0.05, 0) is 87.9 Å². The first-order valence-electron chi connectivity index (χ1n) is 11.3. The average molecular weight is 490 g/mol. The summed E-state index contributed by atoms with van der Waals surface area (Å²) in [5, 5.41) is 7.19. The summed E-state index contributed by atoms with van der Waals surface area (Å²) in [4.78, 5) is 11.4. The zero-order valence-electron chi connectivity index (χ0n) is 19.6. The van der Waals surface area contributed by atoms with Crippen LogP contribution in [0.4, 0.5) is 5.69 Å². The largest absolute Gasteiger partial charge is 0.491 e. The van der Waals surface area contributed by atoms with Gasteiger partial charge in [-0.3, -0.25) is 9.55 Å². The van der Waals surface area contributed by atoms with Gasteiger partial charge >= 0.3 is 0 Å². The van der Waals surface area contributed by atoms with E-state index in [1.807, 2.05) is 55.9 Å². The van der Waals surface area contributed by atoms with Crippen molar-refractivity contribution in [2.45, 2.75) is 45.9 Å². The van der Waals surface area contributed by atoms with Crippen molar-refractivity contribution in [2.75, 3.05) is 4.90 Å². The maximum Gasteiger partial charge on any atom is 0.193 e. The predicted molar refractivity (Wildman–Crippen MR) is 141 cm³/mol. The second kappa shape index (κ2) is 9.19. The van der Waals surface area contributed by atoms with Crippen molar-refractivity contribution < 1.29 is 4.74 Å². The Kier molecular flexibility index (Phi) is 6.10. The molecular weight excluding hydrogens is 462 g/mol. The molecule has 8 heteroatoms. The van der Waals surface area contributed by atoms with Crippen molar-refractivity contribution in [3.05, 3.63) is 88.9 Å². The molecule has 5 rings (SSSR count). The second-order valence-corrected chi connectivity index (χ2v) is 9.89. The summed E-state index contributed by atoms with van der Waals surface area (Å²) in [6, 6.07) is 16.2. The molecule has 174 valence electrons. The molecule has 1 aliphatic rings. The van der Waals surface area contributed by atoms with E-state index in [0.717, 1.165) is 33.7 Å². The standard InChI is InChI=1S/C26H27N5OS2/c1-16(2)32-20-10-8-19(9-11-20)31-24(23(29-25(31)33)22-7-5-6-12-27-22)21-15-17(3)30(18(21)4)26-28-13-14-34-26/h5-16,23-24H,1-4H3,(H,29,33)/t23-,24-/m1/s1. The lowest BCUT2D eigenvalue weighted by Gasteiger charge is -2.28. The smallest absolute Gasteiger partial charge is 0.193 e. The van der Waals surface area contributed by atoms with Crippen molar-refractivity contribution in [1.82, 2.24) is 19.9 Å². The topological polar surface area (TPSA) is 55.2 Å². The highest BCUT2D eigenvalue weighted by molar-refractivity contribution is 7.80. The number of hydrogen-bond donors (Lipinski definition) is 1. The number of rotatable bonds is 6. The van der Waals surface area contributed by atoms with Crippen LogP contribution < -0.4 is 15.0 Å². The third kappa shape index (κ3) is 4.08. The highest BCUT2D eigenvalue weighted by Crippen LogP contribution is 2.44. The molecule has 1 fully saturated rings. The number of nitrogens with zero attached hydrogens (tertiary/aromatic N) is 4. The van der Waals surface area contributed by atoms with Crippen LogP contribution in [0.2, 0.25) is 0 Å². The average Bonchev–Trinajstić information content (AvgIpc) is 3.52. The summed E-state index contributed by atoms with van der Waals surface area (Å²) in [6.07, 6.45) is 3.79. The first kappa shape index (κ1) is 22.6. The Labute approximate surface area is 209 Å². The minimum atomic E-state index is -0.0921. The molecule has 0 aliphatic carbocycles. The van der Waals surface area contributed by atoms with Crippen LogP contribution in [0, 0.1) is 13.8 Å². The molecule has 0 spiro atoms. The summed E-state index contributed by atoms with van der Waals surface area (Å²) in [7, 11) is 0. The Bertz CT molecular complexity index is 1280. The molecule has 0 bridgehead atoms. The van der Waals surface area contributed by atoms with Gasteiger partial charge in [0.25, 0.3) is 0 Å². The van der Waals surface area contributed by atoms with Gasteiger partial charge in [-0.1, -0.05) is 6.07 Å². The van der Waals surface area contributed by atoms with Gasteiger partial charge in [0.15, 0.2) is 10.2 Å². The Morgan fingerprint density at radius 3 is 2.50 bits per heavy atom. The van der Waals surface area contributed by atoms with Gasteiger partial charge in [-0.2, -0.15) is 0 Å². The van der Waals surface area contributed by atoms with E-state index in [-0.39, 0.29) is 18.2 Å². The Balaban J connectivity index is 1.62. The maximum absolute atomic E-state index is 5.88. The van der Waals surface area contributed by atoms with Crippen molar-refractivity contribution in [3.63, 3.8) is 0 Å². The monoisotopic (exact) mass is 489 g/mol. The zero-order chi connectivity index (χ0) is 23.8. The normalized spacial score (nSPS) is 17.9. The SMILES string of the molecule is Cc1cc([C@@H]2[C@@H](c3ccccn3)NC(=S)N2c2ccc(OC(C)C)cc2)c(C)n1-c1nccs1. The zero-order valence-corrected chi connectivity index (χ0v) is 21.2. The van der Waals surface area contributed by atoms with E-state index in [1.54, 1.807) is 11.3 Å². The second-order valence-electron chi connectivity index (χ2n) is 8.63. The number of thiazole rings is 1. The first-order chi connectivity index (χ1) is 16.4. The Hall–Kier alpha value is -3.23. The minimum Gasteiger partial charge on any atom is -0.491 e. The fraction of sp³-hybridized carbons (Fsp3) is 0.269. The summed E-state index contributed by atoms with van der Waals surface area (Å²) >= 11 is 7.51. The van der Waals surface area contributed by atoms with Crippen LogP contribution in [-0.2, 0) is 0 Å². The number of pyridine rings is 1. The van der Waals surface area contributed by atoms with E-state index in [0.29, 0.717) is 5.11 Å². The van der Waals surface area contributed by atoms with Gasteiger partial charge in [-0.25, -0.2) is 4.98 Å². The van der Waals surface area contributed by atoms with Crippen molar-refractivity contribution in [1.29, 1.82) is 0 Å². The van der Waals surface area contributed by atoms with E-state index >= 15 is 0 Å². The first-order valence-corrected chi connectivity index (χ1v) is 12.6. The minimum absolute atomic E-state index is 0.0702. The van der Waals surface area contributed by atoms with Crippen LogP contribution in [0.15, 0.2) is 66.3 Å². The van der Waals surface area contributed by atoms with Crippen LogP contribution in [-0.4, -0.2) is 25.8 Å². The van der Waals surface area contributed by atoms with Crippen LogP contribution in [0.25, 0.3) is 5.13 Å². The van der Waals surface area contributed by atoms with E-state index in [2.05, 4.69) is 62.9 Å². The summed E-state index contributed by atoms with van der Waals surface area (Å²) in [5.74, 6) is 0.844. The number of aryl methyl sites for hydroxylation is 1. The van der Waals surface area contributed by atoms with Gasteiger partial charge in [-0.15, -0.1) is 11.3 Å². The molecule has 34 heavy (non-hydrogen) atoms. The van der Waals surface area contributed by atoms with Gasteiger partial charge in [0.05, 0.1) is 23.9 Å². The molecule has 1 aromatic carbocycles. The molecule has 1 N–H and O–H groups in total. The molecule has 3 aromatic heterocycles. The lowest BCUT2D eigenvalue weighted by molar-refractivity contribution is 0.242. The molecule has 0 saturated carbocycles. The van der Waals surface area contributed by atoms with Gasteiger partial charge in [0.2, 0.25) is 0 Å². The van der Waals surface area contributed by atoms with Crippen LogP contribution >= 0.6 is 23.6 Å². The van der Waals surface area contributed by atoms with E-state index in [9.17, 15) is 0 Å². The van der Waals surface area contributed by atoms with E-state index in [1.165, 1.54) is 5.56 Å². The number of ether oxygens (including phenoxy) is 1. The molecule has 1 saturated heterocycles. The Morgan fingerprint density at radius 2 is 1.85 bits per heavy atom. The van der Waals surface area contributed by atoms with Crippen molar-refractivity contribution >= 4 is 34.4 Å². The van der Waals surface area contributed by atoms with Crippen molar-refractivity contribution in [3.8, 4) is 10.9 Å². The molecule has 0 radical (unpaired) electrons.